The summed E-state index contributed by atoms with van der Waals surface area (Å²) < 4.78 is 0. The van der Waals surface area contributed by atoms with E-state index in [9.17, 15) is 4.79 Å². The Kier molecular flexibility index (Phi) is 2.45. The molecule has 1 aromatic heterocycles. The minimum absolute atomic E-state index is 0.0733. The van der Waals surface area contributed by atoms with Crippen molar-refractivity contribution in [3.05, 3.63) is 12.2 Å². The minimum atomic E-state index is -0.0733. The molecule has 1 saturated heterocycles. The maximum Gasteiger partial charge on any atom is 0.291 e. The van der Waals surface area contributed by atoms with Gasteiger partial charge in [-0.2, -0.15) is 5.10 Å². The van der Waals surface area contributed by atoms with Crippen LogP contribution in [-0.4, -0.2) is 51.7 Å². The second kappa shape index (κ2) is 3.75. The third-order valence-corrected chi connectivity index (χ3v) is 2.27. The van der Waals surface area contributed by atoms with Crippen LogP contribution >= 0.6 is 0 Å². The standard InChI is InChI=1S/C8H13N5O/c1-6-4-13(3-2-9-6)8(14)7-10-5-11-12-7/h5-6,9H,2-4H2,1H3,(H,10,11,12)/t6-/m0/s1. The number of nitrogens with zero attached hydrogens (tertiary/aromatic N) is 3. The van der Waals surface area contributed by atoms with E-state index in [1.165, 1.54) is 6.33 Å². The van der Waals surface area contributed by atoms with Crippen LogP contribution in [0.5, 0.6) is 0 Å². The summed E-state index contributed by atoms with van der Waals surface area (Å²) in [7, 11) is 0. The molecule has 1 fully saturated rings. The van der Waals surface area contributed by atoms with Crippen molar-refractivity contribution in [1.29, 1.82) is 0 Å². The molecule has 1 atom stereocenters. The fourth-order valence-corrected chi connectivity index (χ4v) is 1.58. The molecule has 14 heavy (non-hydrogen) atoms. The van der Waals surface area contributed by atoms with Crippen molar-refractivity contribution in [1.82, 2.24) is 25.4 Å². The molecule has 1 aromatic rings. The Morgan fingerprint density at radius 1 is 1.71 bits per heavy atom. The number of carbonyl (C=O) groups excluding carboxylic acids is 1. The fraction of sp³-hybridized carbons (Fsp3) is 0.625. The number of hydrogen-bond acceptors (Lipinski definition) is 4. The van der Waals surface area contributed by atoms with Crippen molar-refractivity contribution in [3.8, 4) is 0 Å². The number of aromatic amines is 1. The highest BCUT2D eigenvalue weighted by Gasteiger charge is 2.22. The zero-order valence-electron chi connectivity index (χ0n) is 8.03. The first-order chi connectivity index (χ1) is 6.77. The second-order valence-electron chi connectivity index (χ2n) is 3.44. The lowest BCUT2D eigenvalue weighted by Gasteiger charge is -2.31. The lowest BCUT2D eigenvalue weighted by atomic mass is 10.2. The summed E-state index contributed by atoms with van der Waals surface area (Å²) in [6.07, 6.45) is 1.35. The summed E-state index contributed by atoms with van der Waals surface area (Å²) in [5.41, 5.74) is 0. The molecule has 2 heterocycles. The first-order valence-electron chi connectivity index (χ1n) is 4.65. The van der Waals surface area contributed by atoms with Crippen LogP contribution in [0.25, 0.3) is 0 Å². The maximum absolute atomic E-state index is 11.8. The van der Waals surface area contributed by atoms with Gasteiger partial charge in [-0.3, -0.25) is 9.89 Å². The molecule has 76 valence electrons. The van der Waals surface area contributed by atoms with E-state index in [2.05, 4.69) is 27.4 Å². The Hall–Kier alpha value is -1.43. The van der Waals surface area contributed by atoms with Crippen molar-refractivity contribution in [3.63, 3.8) is 0 Å². The van der Waals surface area contributed by atoms with Crippen LogP contribution < -0.4 is 5.32 Å². The number of carbonyl (C=O) groups is 1. The molecule has 2 rings (SSSR count). The molecule has 1 aliphatic rings. The Balaban J connectivity index is 2.04. The SMILES string of the molecule is C[C@H]1CN(C(=O)c2ncn[nH]2)CCN1. The highest BCUT2D eigenvalue weighted by atomic mass is 16.2. The Morgan fingerprint density at radius 2 is 2.57 bits per heavy atom. The van der Waals surface area contributed by atoms with Crippen LogP contribution in [0.1, 0.15) is 17.5 Å². The van der Waals surface area contributed by atoms with Gasteiger partial charge in [0.15, 0.2) is 0 Å². The highest BCUT2D eigenvalue weighted by Crippen LogP contribution is 2.02. The quantitative estimate of drug-likeness (QED) is 0.617. The van der Waals surface area contributed by atoms with Gasteiger partial charge in [-0.15, -0.1) is 0 Å². The van der Waals surface area contributed by atoms with Crippen molar-refractivity contribution in [2.45, 2.75) is 13.0 Å². The van der Waals surface area contributed by atoms with E-state index in [1.54, 1.807) is 4.90 Å². The number of hydrogen-bond donors (Lipinski definition) is 2. The van der Waals surface area contributed by atoms with Gasteiger partial charge in [0.05, 0.1) is 0 Å². The van der Waals surface area contributed by atoms with Crippen LogP contribution in [0.3, 0.4) is 0 Å². The molecule has 0 spiro atoms. The van der Waals surface area contributed by atoms with Crippen molar-refractivity contribution in [2.24, 2.45) is 0 Å². The third kappa shape index (κ3) is 1.74. The number of aromatic nitrogens is 3. The van der Waals surface area contributed by atoms with Crippen molar-refractivity contribution >= 4 is 5.91 Å². The highest BCUT2D eigenvalue weighted by molar-refractivity contribution is 5.90. The summed E-state index contributed by atoms with van der Waals surface area (Å²) in [5, 5.41) is 9.51. The first kappa shape index (κ1) is 9.14. The number of piperazine rings is 1. The number of nitrogens with one attached hydrogen (secondary N) is 2. The van der Waals surface area contributed by atoms with Crippen molar-refractivity contribution in [2.75, 3.05) is 19.6 Å². The monoisotopic (exact) mass is 195 g/mol. The molecule has 2 N–H and O–H groups in total. The van der Waals surface area contributed by atoms with Gasteiger partial charge in [-0.05, 0) is 6.92 Å². The van der Waals surface area contributed by atoms with Crippen LogP contribution in [0, 0.1) is 0 Å². The van der Waals surface area contributed by atoms with Gasteiger partial charge < -0.3 is 10.2 Å². The zero-order chi connectivity index (χ0) is 9.97. The molecule has 0 aliphatic carbocycles. The Morgan fingerprint density at radius 3 is 3.21 bits per heavy atom. The number of amides is 1. The lowest BCUT2D eigenvalue weighted by Crippen LogP contribution is -2.51. The second-order valence-corrected chi connectivity index (χ2v) is 3.44. The third-order valence-electron chi connectivity index (χ3n) is 2.27. The van der Waals surface area contributed by atoms with Gasteiger partial charge in [-0.25, -0.2) is 4.98 Å². The van der Waals surface area contributed by atoms with Crippen LogP contribution in [-0.2, 0) is 0 Å². The molecular weight excluding hydrogens is 182 g/mol. The van der Waals surface area contributed by atoms with E-state index in [1.807, 2.05) is 0 Å². The van der Waals surface area contributed by atoms with E-state index in [0.717, 1.165) is 19.6 Å². The van der Waals surface area contributed by atoms with Crippen LogP contribution in [0.2, 0.25) is 0 Å². The predicted molar refractivity (Wildman–Crippen MR) is 49.8 cm³/mol. The van der Waals surface area contributed by atoms with Gasteiger partial charge in [0, 0.05) is 25.7 Å². The van der Waals surface area contributed by atoms with E-state index in [0.29, 0.717) is 11.9 Å². The van der Waals surface area contributed by atoms with E-state index in [-0.39, 0.29) is 5.91 Å². The molecule has 0 radical (unpaired) electrons. The molecule has 0 aromatic carbocycles. The summed E-state index contributed by atoms with van der Waals surface area (Å²) in [6.45, 7) is 4.34. The van der Waals surface area contributed by atoms with Gasteiger partial charge in [0.2, 0.25) is 5.82 Å². The molecule has 1 amide bonds. The van der Waals surface area contributed by atoms with Crippen molar-refractivity contribution < 1.29 is 4.79 Å². The first-order valence-corrected chi connectivity index (χ1v) is 4.65. The summed E-state index contributed by atoms with van der Waals surface area (Å²) >= 11 is 0. The smallest absolute Gasteiger partial charge is 0.291 e. The van der Waals surface area contributed by atoms with Gasteiger partial charge >= 0.3 is 0 Å². The number of rotatable bonds is 1. The summed E-state index contributed by atoms with van der Waals surface area (Å²) in [5.74, 6) is 0.245. The molecule has 0 bridgehead atoms. The molecule has 6 nitrogen and oxygen atoms in total. The van der Waals surface area contributed by atoms with Crippen LogP contribution in [0.15, 0.2) is 6.33 Å². The Bertz CT molecular complexity index is 310. The van der Waals surface area contributed by atoms with E-state index < -0.39 is 0 Å². The molecular formula is C8H13N5O. The van der Waals surface area contributed by atoms with Gasteiger partial charge in [-0.1, -0.05) is 0 Å². The summed E-state index contributed by atoms with van der Waals surface area (Å²) in [6, 6.07) is 0.343. The Labute approximate surface area is 81.7 Å². The normalized spacial score (nSPS) is 22.4. The zero-order valence-corrected chi connectivity index (χ0v) is 8.03. The molecule has 0 saturated carbocycles. The molecule has 1 aliphatic heterocycles. The van der Waals surface area contributed by atoms with Gasteiger partial charge in [0.1, 0.15) is 6.33 Å². The number of H-pyrrole nitrogens is 1. The molecule has 0 unspecified atom stereocenters. The van der Waals surface area contributed by atoms with Gasteiger partial charge in [0.25, 0.3) is 5.91 Å². The summed E-state index contributed by atoms with van der Waals surface area (Å²) in [4.78, 5) is 17.4. The minimum Gasteiger partial charge on any atom is -0.333 e. The van der Waals surface area contributed by atoms with Crippen LogP contribution in [0.4, 0.5) is 0 Å². The average molecular weight is 195 g/mol. The largest absolute Gasteiger partial charge is 0.333 e. The topological polar surface area (TPSA) is 73.9 Å². The average Bonchev–Trinajstić information content (AvgIpc) is 2.69. The fourth-order valence-electron chi connectivity index (χ4n) is 1.58. The molecule has 6 heteroatoms. The van der Waals surface area contributed by atoms with E-state index >= 15 is 0 Å². The lowest BCUT2D eigenvalue weighted by molar-refractivity contribution is 0.0697. The van der Waals surface area contributed by atoms with E-state index in [4.69, 9.17) is 0 Å². The maximum atomic E-state index is 11.8. The predicted octanol–water partition coefficient (Wildman–Crippen LogP) is -0.761.